The maximum atomic E-state index is 13.4. The van der Waals surface area contributed by atoms with E-state index in [2.05, 4.69) is 0 Å². The van der Waals surface area contributed by atoms with Crippen LogP contribution in [0.15, 0.2) is 24.3 Å². The van der Waals surface area contributed by atoms with Gasteiger partial charge in [0, 0.05) is 37.0 Å². The van der Waals surface area contributed by atoms with Gasteiger partial charge in [-0.2, -0.15) is 0 Å². The van der Waals surface area contributed by atoms with Crippen molar-refractivity contribution in [3.05, 3.63) is 34.9 Å². The van der Waals surface area contributed by atoms with Gasteiger partial charge < -0.3 is 19.3 Å². The van der Waals surface area contributed by atoms with Gasteiger partial charge in [-0.1, -0.05) is 23.7 Å². The Balaban J connectivity index is 1.76. The summed E-state index contributed by atoms with van der Waals surface area (Å²) in [7, 11) is 0. The monoisotopic (exact) mass is 483 g/mol. The van der Waals surface area contributed by atoms with Crippen molar-refractivity contribution in [2.75, 3.05) is 38.5 Å². The molecule has 3 amide bonds. The van der Waals surface area contributed by atoms with Crippen molar-refractivity contribution in [3.8, 4) is 0 Å². The number of carbonyl (C=O) groups excluding carboxylic acids is 3. The molecular formula is C22H30ClN3O5S. The van der Waals surface area contributed by atoms with Crippen molar-refractivity contribution < 1.29 is 23.9 Å². The van der Waals surface area contributed by atoms with Gasteiger partial charge in [-0.25, -0.2) is 9.59 Å². The van der Waals surface area contributed by atoms with Gasteiger partial charge >= 0.3 is 12.2 Å². The molecule has 32 heavy (non-hydrogen) atoms. The van der Waals surface area contributed by atoms with Gasteiger partial charge in [-0.05, 0) is 45.4 Å². The van der Waals surface area contributed by atoms with E-state index in [0.29, 0.717) is 43.6 Å². The zero-order valence-corrected chi connectivity index (χ0v) is 20.4. The first-order valence-electron chi connectivity index (χ1n) is 10.7. The summed E-state index contributed by atoms with van der Waals surface area (Å²) in [6.45, 7) is 9.07. The van der Waals surface area contributed by atoms with Crippen LogP contribution in [-0.4, -0.2) is 83.0 Å². The third-order valence-electron chi connectivity index (χ3n) is 5.16. The Kier molecular flexibility index (Phi) is 7.82. The molecule has 8 nitrogen and oxygen atoms in total. The average molecular weight is 484 g/mol. The fourth-order valence-electron chi connectivity index (χ4n) is 3.65. The molecule has 0 aliphatic carbocycles. The van der Waals surface area contributed by atoms with E-state index in [1.54, 1.807) is 54.5 Å². The highest BCUT2D eigenvalue weighted by Gasteiger charge is 2.46. The molecule has 1 aromatic rings. The predicted molar refractivity (Wildman–Crippen MR) is 124 cm³/mol. The SMILES string of the molecule is CCOC(=O)N1CCN(C(=O)[C@@H]2CS[C@@H](c3ccc(Cl)cc3)N2C(=O)OC(C)(C)C)CC1. The average Bonchev–Trinajstić information content (AvgIpc) is 3.18. The summed E-state index contributed by atoms with van der Waals surface area (Å²) >= 11 is 7.56. The van der Waals surface area contributed by atoms with E-state index in [0.717, 1.165) is 5.56 Å². The largest absolute Gasteiger partial charge is 0.450 e. The first kappa shape index (κ1) is 24.5. The minimum atomic E-state index is -0.687. The fourth-order valence-corrected chi connectivity index (χ4v) is 5.19. The van der Waals surface area contributed by atoms with Gasteiger partial charge in [-0.15, -0.1) is 11.8 Å². The van der Waals surface area contributed by atoms with E-state index in [4.69, 9.17) is 21.1 Å². The van der Waals surface area contributed by atoms with Crippen LogP contribution in [0.5, 0.6) is 0 Å². The standard InChI is InChI=1S/C22H30ClN3O5S/c1-5-30-20(28)25-12-10-24(11-13-25)18(27)17-14-32-19(15-6-8-16(23)9-7-15)26(17)21(29)31-22(2,3)4/h6-9,17,19H,5,10-14H2,1-4H3/t17-,19-/m0/s1. The van der Waals surface area contributed by atoms with Crippen molar-refractivity contribution in [1.82, 2.24) is 14.7 Å². The number of hydrogen-bond acceptors (Lipinski definition) is 6. The first-order valence-corrected chi connectivity index (χ1v) is 12.1. The lowest BCUT2D eigenvalue weighted by Gasteiger charge is -2.37. The Hall–Kier alpha value is -2.13. The maximum Gasteiger partial charge on any atom is 0.412 e. The molecule has 1 aromatic carbocycles. The molecule has 2 aliphatic rings. The van der Waals surface area contributed by atoms with Crippen LogP contribution in [0.3, 0.4) is 0 Å². The molecule has 10 heteroatoms. The molecule has 0 bridgehead atoms. The van der Waals surface area contributed by atoms with Crippen LogP contribution in [0.4, 0.5) is 9.59 Å². The highest BCUT2D eigenvalue weighted by molar-refractivity contribution is 7.99. The molecule has 2 aliphatic heterocycles. The smallest absolute Gasteiger partial charge is 0.412 e. The number of rotatable bonds is 3. The maximum absolute atomic E-state index is 13.4. The van der Waals surface area contributed by atoms with Gasteiger partial charge in [0.1, 0.15) is 17.0 Å². The summed E-state index contributed by atoms with van der Waals surface area (Å²) in [6.07, 6.45) is -0.889. The Morgan fingerprint density at radius 1 is 1.03 bits per heavy atom. The molecule has 0 spiro atoms. The molecule has 3 rings (SSSR count). The molecule has 2 atom stereocenters. The number of piperazine rings is 1. The van der Waals surface area contributed by atoms with E-state index < -0.39 is 17.7 Å². The van der Waals surface area contributed by atoms with Gasteiger partial charge in [-0.3, -0.25) is 9.69 Å². The van der Waals surface area contributed by atoms with E-state index in [-0.39, 0.29) is 17.4 Å². The number of halogens is 1. The fraction of sp³-hybridized carbons (Fsp3) is 0.591. The molecular weight excluding hydrogens is 454 g/mol. The van der Waals surface area contributed by atoms with Crippen molar-refractivity contribution in [3.63, 3.8) is 0 Å². The van der Waals surface area contributed by atoms with E-state index in [1.807, 2.05) is 12.1 Å². The number of thioether (sulfide) groups is 1. The number of amides is 3. The Labute approximate surface area is 198 Å². The molecule has 2 heterocycles. The van der Waals surface area contributed by atoms with Crippen molar-refractivity contribution in [2.45, 2.75) is 44.7 Å². The highest BCUT2D eigenvalue weighted by Crippen LogP contribution is 2.43. The number of benzene rings is 1. The molecule has 2 saturated heterocycles. The Morgan fingerprint density at radius 3 is 2.19 bits per heavy atom. The lowest BCUT2D eigenvalue weighted by molar-refractivity contribution is -0.137. The normalized spacial score (nSPS) is 21.5. The zero-order chi connectivity index (χ0) is 23.5. The van der Waals surface area contributed by atoms with Crippen LogP contribution < -0.4 is 0 Å². The molecule has 0 aromatic heterocycles. The van der Waals surface area contributed by atoms with Gasteiger partial charge in [0.2, 0.25) is 5.91 Å². The second-order valence-electron chi connectivity index (χ2n) is 8.65. The van der Waals surface area contributed by atoms with Crippen molar-refractivity contribution in [1.29, 1.82) is 0 Å². The summed E-state index contributed by atoms with van der Waals surface area (Å²) in [5.74, 6) is 0.326. The van der Waals surface area contributed by atoms with E-state index in [9.17, 15) is 14.4 Å². The second-order valence-corrected chi connectivity index (χ2v) is 10.2. The Morgan fingerprint density at radius 2 is 1.62 bits per heavy atom. The summed E-state index contributed by atoms with van der Waals surface area (Å²) < 4.78 is 10.7. The Bertz CT molecular complexity index is 837. The summed E-state index contributed by atoms with van der Waals surface area (Å²) in [5.41, 5.74) is 0.195. The van der Waals surface area contributed by atoms with Crippen molar-refractivity contribution in [2.24, 2.45) is 0 Å². The van der Waals surface area contributed by atoms with Crippen LogP contribution in [-0.2, 0) is 14.3 Å². The molecule has 2 fully saturated rings. The number of ether oxygens (including phenoxy) is 2. The van der Waals surface area contributed by atoms with Crippen LogP contribution in [0.1, 0.15) is 38.6 Å². The van der Waals surface area contributed by atoms with Gasteiger partial charge in [0.05, 0.1) is 6.61 Å². The lowest BCUT2D eigenvalue weighted by Crippen LogP contribution is -2.56. The molecule has 0 unspecified atom stereocenters. The van der Waals surface area contributed by atoms with E-state index >= 15 is 0 Å². The minimum absolute atomic E-state index is 0.136. The van der Waals surface area contributed by atoms with Gasteiger partial charge in [0.25, 0.3) is 0 Å². The molecule has 0 saturated carbocycles. The van der Waals surface area contributed by atoms with Crippen LogP contribution in [0, 0.1) is 0 Å². The minimum Gasteiger partial charge on any atom is -0.450 e. The topological polar surface area (TPSA) is 79.4 Å². The number of hydrogen-bond donors (Lipinski definition) is 0. The van der Waals surface area contributed by atoms with Crippen LogP contribution >= 0.6 is 23.4 Å². The third-order valence-corrected chi connectivity index (χ3v) is 6.74. The number of nitrogens with zero attached hydrogens (tertiary/aromatic N) is 3. The van der Waals surface area contributed by atoms with Gasteiger partial charge in [0.15, 0.2) is 0 Å². The molecule has 0 N–H and O–H groups in total. The molecule has 176 valence electrons. The van der Waals surface area contributed by atoms with E-state index in [1.165, 1.54) is 11.8 Å². The second kappa shape index (κ2) is 10.2. The summed E-state index contributed by atoms with van der Waals surface area (Å²) in [4.78, 5) is 43.4. The molecule has 0 radical (unpaired) electrons. The first-order chi connectivity index (χ1) is 15.1. The quantitative estimate of drug-likeness (QED) is 0.646. The van der Waals surface area contributed by atoms with Crippen LogP contribution in [0.25, 0.3) is 0 Å². The summed E-state index contributed by atoms with van der Waals surface area (Å²) in [6, 6.07) is 6.62. The van der Waals surface area contributed by atoms with Crippen molar-refractivity contribution >= 4 is 41.5 Å². The predicted octanol–water partition coefficient (Wildman–Crippen LogP) is 3.99. The number of carbonyl (C=O) groups is 3. The van der Waals surface area contributed by atoms with Crippen LogP contribution in [0.2, 0.25) is 5.02 Å². The highest BCUT2D eigenvalue weighted by atomic mass is 35.5. The third kappa shape index (κ3) is 5.81. The zero-order valence-electron chi connectivity index (χ0n) is 18.9. The summed E-state index contributed by atoms with van der Waals surface area (Å²) in [5, 5.41) is 0.254. The lowest BCUT2D eigenvalue weighted by atomic mass is 10.1.